The van der Waals surface area contributed by atoms with E-state index in [2.05, 4.69) is 0 Å². The predicted octanol–water partition coefficient (Wildman–Crippen LogP) is 3.22. The van der Waals surface area contributed by atoms with Crippen LogP contribution in [-0.2, 0) is 26.9 Å². The number of methoxy groups -OCH3 is 1. The molecule has 0 fully saturated rings. The number of anilines is 1. The van der Waals surface area contributed by atoms with Crippen LogP contribution in [-0.4, -0.2) is 38.9 Å². The van der Waals surface area contributed by atoms with Crippen molar-refractivity contribution in [2.45, 2.75) is 24.0 Å². The van der Waals surface area contributed by atoms with Crippen molar-refractivity contribution in [2.24, 2.45) is 0 Å². The number of hydrogen-bond donors (Lipinski definition) is 1. The molecule has 2 aromatic carbocycles. The summed E-state index contributed by atoms with van der Waals surface area (Å²) in [5, 5.41) is 11.2. The van der Waals surface area contributed by atoms with E-state index in [4.69, 9.17) is 4.74 Å². The fourth-order valence-electron chi connectivity index (χ4n) is 3.27. The number of hydrogen-bond acceptors (Lipinski definition) is 4. The monoisotopic (exact) mass is 414 g/mol. The van der Waals surface area contributed by atoms with E-state index in [1.54, 1.807) is 68.6 Å². The van der Waals surface area contributed by atoms with Crippen molar-refractivity contribution in [3.05, 3.63) is 84.2 Å². The summed E-state index contributed by atoms with van der Waals surface area (Å²) >= 11 is 0. The van der Waals surface area contributed by atoms with Gasteiger partial charge in [-0.15, -0.1) is 0 Å². The van der Waals surface area contributed by atoms with Crippen molar-refractivity contribution in [1.82, 2.24) is 4.57 Å². The normalized spacial score (nSPS) is 13.8. The summed E-state index contributed by atoms with van der Waals surface area (Å²) in [6.45, 7) is 2.90. The molecular weight excluding hydrogens is 388 g/mol. The third kappa shape index (κ3) is 4.22. The zero-order chi connectivity index (χ0) is 21.1. The fraction of sp³-hybridized carbons (Fsp3) is 0.273. The molecule has 0 amide bonds. The topological polar surface area (TPSA) is 71.8 Å². The van der Waals surface area contributed by atoms with Crippen LogP contribution in [0, 0.1) is 0 Å². The van der Waals surface area contributed by atoms with Crippen LogP contribution in [0.5, 0.6) is 0 Å². The Balaban J connectivity index is 1.87. The van der Waals surface area contributed by atoms with Crippen LogP contribution in [0.2, 0.25) is 0 Å². The highest BCUT2D eigenvalue weighted by Gasteiger charge is 2.29. The Morgan fingerprint density at radius 2 is 1.69 bits per heavy atom. The van der Waals surface area contributed by atoms with Gasteiger partial charge in [0.1, 0.15) is 5.60 Å². The zero-order valence-electron chi connectivity index (χ0n) is 16.8. The molecule has 1 atom stereocenters. The highest BCUT2D eigenvalue weighted by atomic mass is 32.2. The van der Waals surface area contributed by atoms with Crippen LogP contribution in [0.25, 0.3) is 0 Å². The zero-order valence-corrected chi connectivity index (χ0v) is 17.6. The van der Waals surface area contributed by atoms with E-state index in [0.717, 1.165) is 5.69 Å². The van der Waals surface area contributed by atoms with Gasteiger partial charge in [-0.1, -0.05) is 30.3 Å². The van der Waals surface area contributed by atoms with Crippen LogP contribution < -0.4 is 4.31 Å². The van der Waals surface area contributed by atoms with Crippen LogP contribution in [0.3, 0.4) is 0 Å². The summed E-state index contributed by atoms with van der Waals surface area (Å²) < 4.78 is 33.9. The van der Waals surface area contributed by atoms with E-state index in [9.17, 15) is 13.5 Å². The molecule has 0 spiro atoms. The summed E-state index contributed by atoms with van der Waals surface area (Å²) in [7, 11) is -0.490. The van der Waals surface area contributed by atoms with Gasteiger partial charge in [-0.25, -0.2) is 8.42 Å². The summed E-state index contributed by atoms with van der Waals surface area (Å²) in [5.41, 5.74) is 0.701. The molecule has 3 aromatic rings. The molecule has 0 aliphatic heterocycles. The smallest absolute Gasteiger partial charge is 0.264 e. The second kappa shape index (κ2) is 8.41. The van der Waals surface area contributed by atoms with Gasteiger partial charge in [0.05, 0.1) is 22.9 Å². The molecule has 1 heterocycles. The van der Waals surface area contributed by atoms with E-state index < -0.39 is 15.6 Å². The first-order valence-corrected chi connectivity index (χ1v) is 10.7. The quantitative estimate of drug-likeness (QED) is 0.614. The SMILES string of the molecule is COCCn1cccc1C(C)(O)c1ccc(N(C)S(=O)(=O)c2ccccc2)cc1. The van der Waals surface area contributed by atoms with Gasteiger partial charge in [0.2, 0.25) is 0 Å². The van der Waals surface area contributed by atoms with Crippen LogP contribution in [0.4, 0.5) is 5.69 Å². The molecule has 6 nitrogen and oxygen atoms in total. The lowest BCUT2D eigenvalue weighted by atomic mass is 9.92. The molecule has 0 bridgehead atoms. The number of rotatable bonds is 8. The van der Waals surface area contributed by atoms with Gasteiger partial charge in [-0.2, -0.15) is 0 Å². The number of benzene rings is 2. The van der Waals surface area contributed by atoms with Crippen LogP contribution >= 0.6 is 0 Å². The van der Waals surface area contributed by atoms with Crippen molar-refractivity contribution in [1.29, 1.82) is 0 Å². The van der Waals surface area contributed by atoms with Crippen molar-refractivity contribution in [3.63, 3.8) is 0 Å². The van der Waals surface area contributed by atoms with Crippen molar-refractivity contribution >= 4 is 15.7 Å². The Morgan fingerprint density at radius 1 is 1.03 bits per heavy atom. The first-order valence-electron chi connectivity index (χ1n) is 9.30. The second-order valence-electron chi connectivity index (χ2n) is 6.98. The molecule has 0 aliphatic rings. The Bertz CT molecular complexity index is 1040. The van der Waals surface area contributed by atoms with Crippen LogP contribution in [0.15, 0.2) is 77.8 Å². The molecule has 3 rings (SSSR count). The maximum Gasteiger partial charge on any atom is 0.264 e. The largest absolute Gasteiger partial charge is 0.383 e. The predicted molar refractivity (Wildman–Crippen MR) is 113 cm³/mol. The Hall–Kier alpha value is -2.61. The molecule has 29 heavy (non-hydrogen) atoms. The van der Waals surface area contributed by atoms with E-state index in [1.807, 2.05) is 22.9 Å². The summed E-state index contributed by atoms with van der Waals surface area (Å²) in [6.07, 6.45) is 1.90. The van der Waals surface area contributed by atoms with Crippen LogP contribution in [0.1, 0.15) is 18.2 Å². The highest BCUT2D eigenvalue weighted by Crippen LogP contribution is 2.31. The summed E-state index contributed by atoms with van der Waals surface area (Å²) in [6, 6.07) is 19.0. The number of ether oxygens (including phenoxy) is 1. The van der Waals surface area contributed by atoms with Gasteiger partial charge >= 0.3 is 0 Å². The van der Waals surface area contributed by atoms with E-state index >= 15 is 0 Å². The van der Waals surface area contributed by atoms with E-state index in [1.165, 1.54) is 11.4 Å². The summed E-state index contributed by atoms with van der Waals surface area (Å²) in [4.78, 5) is 0.231. The van der Waals surface area contributed by atoms with Gasteiger partial charge in [0, 0.05) is 26.9 Å². The molecule has 0 aliphatic carbocycles. The first kappa shape index (κ1) is 21.1. The molecule has 0 radical (unpaired) electrons. The standard InChI is InChI=1S/C22H26N2O4S/c1-22(25,21-10-7-15-24(21)16-17-28-3)18-11-13-19(14-12-18)23(2)29(26,27)20-8-5-4-6-9-20/h4-15,25H,16-17H2,1-3H3. The van der Waals surface area contributed by atoms with Crippen molar-refractivity contribution in [3.8, 4) is 0 Å². The lowest BCUT2D eigenvalue weighted by Gasteiger charge is -2.27. The van der Waals surface area contributed by atoms with Gasteiger partial charge in [0.25, 0.3) is 10.0 Å². The highest BCUT2D eigenvalue weighted by molar-refractivity contribution is 7.92. The molecule has 7 heteroatoms. The third-order valence-electron chi connectivity index (χ3n) is 5.06. The van der Waals surface area contributed by atoms with Gasteiger partial charge in [-0.3, -0.25) is 4.31 Å². The molecule has 1 N–H and O–H groups in total. The minimum atomic E-state index is -3.65. The molecule has 1 unspecified atom stereocenters. The Morgan fingerprint density at radius 3 is 2.31 bits per heavy atom. The second-order valence-corrected chi connectivity index (χ2v) is 8.95. The van der Waals surface area contributed by atoms with Crippen molar-refractivity contribution < 1.29 is 18.3 Å². The average Bonchev–Trinajstić information content (AvgIpc) is 3.22. The molecule has 1 aromatic heterocycles. The molecule has 0 saturated heterocycles. The minimum Gasteiger partial charge on any atom is -0.383 e. The average molecular weight is 415 g/mol. The number of sulfonamides is 1. The maximum absolute atomic E-state index is 12.8. The lowest BCUT2D eigenvalue weighted by Crippen LogP contribution is -2.28. The fourth-order valence-corrected chi connectivity index (χ4v) is 4.49. The molecule has 0 saturated carbocycles. The van der Waals surface area contributed by atoms with Gasteiger partial charge < -0.3 is 14.4 Å². The first-order chi connectivity index (χ1) is 13.8. The van der Waals surface area contributed by atoms with E-state index in [0.29, 0.717) is 24.4 Å². The van der Waals surface area contributed by atoms with Gasteiger partial charge in [0.15, 0.2) is 0 Å². The Kier molecular flexibility index (Phi) is 6.12. The lowest BCUT2D eigenvalue weighted by molar-refractivity contribution is 0.0904. The molecular formula is C22H26N2O4S. The van der Waals surface area contributed by atoms with Gasteiger partial charge in [-0.05, 0) is 48.9 Å². The minimum absolute atomic E-state index is 0.231. The molecule has 154 valence electrons. The third-order valence-corrected chi connectivity index (χ3v) is 6.86. The number of aliphatic hydroxyl groups is 1. The van der Waals surface area contributed by atoms with E-state index in [-0.39, 0.29) is 4.90 Å². The number of aromatic nitrogens is 1. The summed E-state index contributed by atoms with van der Waals surface area (Å²) in [5.74, 6) is 0. The number of nitrogens with zero attached hydrogens (tertiary/aromatic N) is 2. The van der Waals surface area contributed by atoms with Crippen molar-refractivity contribution in [2.75, 3.05) is 25.1 Å². The Labute approximate surface area is 172 Å². The maximum atomic E-state index is 12.8.